The molecule has 20 heavy (non-hydrogen) atoms. The van der Waals surface area contributed by atoms with Crippen molar-refractivity contribution in [3.05, 3.63) is 59.5 Å². The van der Waals surface area contributed by atoms with Crippen molar-refractivity contribution in [2.24, 2.45) is 0 Å². The molecule has 0 fully saturated rings. The maximum absolute atomic E-state index is 12.9. The standard InChI is InChI=1S/C16H20FN3/c1-2-19-15(10-12-5-7-14(17)8-6-12)11-13-4-3-9-20-16(13)18/h3-9,15,19H,2,10-11H2,1H3,(H2,18,20). The van der Waals surface area contributed by atoms with Crippen molar-refractivity contribution < 1.29 is 4.39 Å². The molecular formula is C16H20FN3. The lowest BCUT2D eigenvalue weighted by molar-refractivity contribution is 0.521. The molecular weight excluding hydrogens is 253 g/mol. The molecule has 0 aliphatic heterocycles. The Kier molecular flexibility index (Phi) is 5.07. The summed E-state index contributed by atoms with van der Waals surface area (Å²) in [6.07, 6.45) is 3.34. The first kappa shape index (κ1) is 14.5. The van der Waals surface area contributed by atoms with Gasteiger partial charge in [0.1, 0.15) is 11.6 Å². The van der Waals surface area contributed by atoms with Crippen LogP contribution in [0.15, 0.2) is 42.6 Å². The minimum Gasteiger partial charge on any atom is -0.383 e. The lowest BCUT2D eigenvalue weighted by atomic mass is 9.99. The molecule has 0 aliphatic rings. The third-order valence-corrected chi connectivity index (χ3v) is 3.28. The molecule has 1 atom stereocenters. The summed E-state index contributed by atoms with van der Waals surface area (Å²) in [5.41, 5.74) is 8.04. The van der Waals surface area contributed by atoms with Gasteiger partial charge in [0, 0.05) is 12.2 Å². The van der Waals surface area contributed by atoms with E-state index in [-0.39, 0.29) is 11.9 Å². The highest BCUT2D eigenvalue weighted by molar-refractivity contribution is 5.39. The van der Waals surface area contributed by atoms with E-state index in [1.54, 1.807) is 6.20 Å². The number of halogens is 1. The number of nitrogens with one attached hydrogen (secondary N) is 1. The number of anilines is 1. The van der Waals surface area contributed by atoms with Crippen LogP contribution in [0.25, 0.3) is 0 Å². The number of hydrogen-bond acceptors (Lipinski definition) is 3. The van der Waals surface area contributed by atoms with Crippen molar-refractivity contribution in [2.75, 3.05) is 12.3 Å². The Balaban J connectivity index is 2.07. The molecule has 4 heteroatoms. The van der Waals surface area contributed by atoms with Crippen molar-refractivity contribution in [3.8, 4) is 0 Å². The Labute approximate surface area is 119 Å². The predicted octanol–water partition coefficient (Wildman–Crippen LogP) is 2.57. The van der Waals surface area contributed by atoms with Gasteiger partial charge in [0.15, 0.2) is 0 Å². The highest BCUT2D eigenvalue weighted by Crippen LogP contribution is 2.13. The summed E-state index contributed by atoms with van der Waals surface area (Å²) < 4.78 is 12.9. The monoisotopic (exact) mass is 273 g/mol. The fourth-order valence-electron chi connectivity index (χ4n) is 2.30. The van der Waals surface area contributed by atoms with Gasteiger partial charge in [-0.05, 0) is 48.7 Å². The van der Waals surface area contributed by atoms with E-state index in [2.05, 4.69) is 17.2 Å². The highest BCUT2D eigenvalue weighted by Gasteiger charge is 2.11. The smallest absolute Gasteiger partial charge is 0.126 e. The average Bonchev–Trinajstić information content (AvgIpc) is 2.44. The number of nitrogens with two attached hydrogens (primary N) is 1. The molecule has 1 aromatic carbocycles. The first-order valence-corrected chi connectivity index (χ1v) is 6.86. The molecule has 0 saturated heterocycles. The van der Waals surface area contributed by atoms with Crippen molar-refractivity contribution in [2.45, 2.75) is 25.8 Å². The molecule has 1 heterocycles. The van der Waals surface area contributed by atoms with E-state index in [9.17, 15) is 4.39 Å². The maximum Gasteiger partial charge on any atom is 0.126 e. The third kappa shape index (κ3) is 4.03. The lowest BCUT2D eigenvalue weighted by Crippen LogP contribution is -2.33. The third-order valence-electron chi connectivity index (χ3n) is 3.28. The van der Waals surface area contributed by atoms with Crippen LogP contribution in [0, 0.1) is 5.82 Å². The molecule has 2 aromatic rings. The van der Waals surface area contributed by atoms with E-state index in [1.165, 1.54) is 12.1 Å². The summed E-state index contributed by atoms with van der Waals surface area (Å²) in [5, 5.41) is 3.44. The quantitative estimate of drug-likeness (QED) is 0.850. The van der Waals surface area contributed by atoms with E-state index in [0.717, 1.165) is 30.5 Å². The van der Waals surface area contributed by atoms with Gasteiger partial charge in [-0.15, -0.1) is 0 Å². The summed E-state index contributed by atoms with van der Waals surface area (Å²) in [6.45, 7) is 2.95. The summed E-state index contributed by atoms with van der Waals surface area (Å²) in [4.78, 5) is 4.11. The van der Waals surface area contributed by atoms with Gasteiger partial charge in [-0.1, -0.05) is 25.1 Å². The van der Waals surface area contributed by atoms with Gasteiger partial charge < -0.3 is 11.1 Å². The van der Waals surface area contributed by atoms with Crippen LogP contribution >= 0.6 is 0 Å². The van der Waals surface area contributed by atoms with E-state index >= 15 is 0 Å². The van der Waals surface area contributed by atoms with E-state index in [0.29, 0.717) is 5.82 Å². The number of nitrogens with zero attached hydrogens (tertiary/aromatic N) is 1. The predicted molar refractivity (Wildman–Crippen MR) is 79.9 cm³/mol. The van der Waals surface area contributed by atoms with Crippen LogP contribution in [0.2, 0.25) is 0 Å². The van der Waals surface area contributed by atoms with Gasteiger partial charge in [-0.2, -0.15) is 0 Å². The molecule has 3 nitrogen and oxygen atoms in total. The number of nitrogen functional groups attached to an aromatic ring is 1. The van der Waals surface area contributed by atoms with Crippen LogP contribution in [-0.2, 0) is 12.8 Å². The number of likely N-dealkylation sites (N-methyl/N-ethyl adjacent to an activating group) is 1. The Hall–Kier alpha value is -1.94. The molecule has 0 saturated carbocycles. The maximum atomic E-state index is 12.9. The van der Waals surface area contributed by atoms with Crippen molar-refractivity contribution in [1.29, 1.82) is 0 Å². The molecule has 1 aromatic heterocycles. The first-order valence-electron chi connectivity index (χ1n) is 6.86. The zero-order valence-corrected chi connectivity index (χ0v) is 11.6. The van der Waals surface area contributed by atoms with Crippen molar-refractivity contribution >= 4 is 5.82 Å². The van der Waals surface area contributed by atoms with E-state index < -0.39 is 0 Å². The van der Waals surface area contributed by atoms with Gasteiger partial charge in [0.2, 0.25) is 0 Å². The number of aromatic nitrogens is 1. The highest BCUT2D eigenvalue weighted by atomic mass is 19.1. The molecule has 3 N–H and O–H groups in total. The molecule has 0 spiro atoms. The Morgan fingerprint density at radius 1 is 1.20 bits per heavy atom. The van der Waals surface area contributed by atoms with Crippen LogP contribution in [0.1, 0.15) is 18.1 Å². The Bertz CT molecular complexity index is 540. The van der Waals surface area contributed by atoms with Crippen LogP contribution in [-0.4, -0.2) is 17.6 Å². The van der Waals surface area contributed by atoms with Gasteiger partial charge >= 0.3 is 0 Å². The van der Waals surface area contributed by atoms with Gasteiger partial charge in [-0.25, -0.2) is 9.37 Å². The van der Waals surface area contributed by atoms with E-state index in [1.807, 2.05) is 24.3 Å². The normalized spacial score (nSPS) is 12.3. The minimum absolute atomic E-state index is 0.203. The molecule has 0 radical (unpaired) electrons. The molecule has 0 bridgehead atoms. The van der Waals surface area contributed by atoms with Crippen LogP contribution in [0.4, 0.5) is 10.2 Å². The molecule has 0 aliphatic carbocycles. The second-order valence-electron chi connectivity index (χ2n) is 4.84. The lowest BCUT2D eigenvalue weighted by Gasteiger charge is -2.18. The summed E-state index contributed by atoms with van der Waals surface area (Å²) >= 11 is 0. The number of rotatable bonds is 6. The SMILES string of the molecule is CCNC(Cc1ccc(F)cc1)Cc1cccnc1N. The largest absolute Gasteiger partial charge is 0.383 e. The zero-order valence-electron chi connectivity index (χ0n) is 11.6. The molecule has 2 rings (SSSR count). The average molecular weight is 273 g/mol. The van der Waals surface area contributed by atoms with Crippen LogP contribution < -0.4 is 11.1 Å². The fourth-order valence-corrected chi connectivity index (χ4v) is 2.30. The minimum atomic E-state index is -0.203. The number of pyridine rings is 1. The van der Waals surface area contributed by atoms with Gasteiger partial charge in [0.25, 0.3) is 0 Å². The van der Waals surface area contributed by atoms with Crippen LogP contribution in [0.5, 0.6) is 0 Å². The Morgan fingerprint density at radius 3 is 2.60 bits per heavy atom. The van der Waals surface area contributed by atoms with Gasteiger partial charge in [-0.3, -0.25) is 0 Å². The van der Waals surface area contributed by atoms with Gasteiger partial charge in [0.05, 0.1) is 0 Å². The number of hydrogen-bond donors (Lipinski definition) is 2. The summed E-state index contributed by atoms with van der Waals surface area (Å²) in [6, 6.07) is 10.8. The molecule has 0 amide bonds. The zero-order chi connectivity index (χ0) is 14.4. The first-order chi connectivity index (χ1) is 9.69. The fraction of sp³-hybridized carbons (Fsp3) is 0.312. The summed E-state index contributed by atoms with van der Waals surface area (Å²) in [7, 11) is 0. The van der Waals surface area contributed by atoms with E-state index in [4.69, 9.17) is 5.73 Å². The van der Waals surface area contributed by atoms with Crippen LogP contribution in [0.3, 0.4) is 0 Å². The Morgan fingerprint density at radius 2 is 1.95 bits per heavy atom. The number of benzene rings is 1. The van der Waals surface area contributed by atoms with Crippen molar-refractivity contribution in [1.82, 2.24) is 10.3 Å². The summed E-state index contributed by atoms with van der Waals surface area (Å²) in [5.74, 6) is 0.375. The molecule has 1 unspecified atom stereocenters. The van der Waals surface area contributed by atoms with Crippen molar-refractivity contribution in [3.63, 3.8) is 0 Å². The second kappa shape index (κ2) is 7.01. The topological polar surface area (TPSA) is 50.9 Å². The second-order valence-corrected chi connectivity index (χ2v) is 4.84. The molecule has 106 valence electrons.